The van der Waals surface area contributed by atoms with E-state index in [2.05, 4.69) is 10.6 Å². The van der Waals surface area contributed by atoms with Crippen LogP contribution in [0, 0.1) is 5.92 Å². The summed E-state index contributed by atoms with van der Waals surface area (Å²) in [6.07, 6.45) is 0. The summed E-state index contributed by atoms with van der Waals surface area (Å²) >= 11 is 0. The fourth-order valence-corrected chi connectivity index (χ4v) is 3.73. The van der Waals surface area contributed by atoms with Crippen molar-refractivity contribution in [2.45, 2.75) is 46.3 Å². The van der Waals surface area contributed by atoms with E-state index in [1.54, 1.807) is 20.2 Å². The maximum absolute atomic E-state index is 12.5. The highest BCUT2D eigenvalue weighted by Crippen LogP contribution is 2.34. The van der Waals surface area contributed by atoms with E-state index in [0.717, 1.165) is 11.3 Å². The molecule has 0 aliphatic rings. The number of rotatable bonds is 8. The number of carbonyl (C=O) groups excluding carboxylic acids is 1. The average Bonchev–Trinajstić information content (AvgIpc) is 2.78. The van der Waals surface area contributed by atoms with Gasteiger partial charge in [0.15, 0.2) is 5.75 Å². The van der Waals surface area contributed by atoms with E-state index in [9.17, 15) is 19.5 Å². The first-order valence-electron chi connectivity index (χ1n) is 11.5. The molecule has 0 saturated carbocycles. The molecule has 1 unspecified atom stereocenters. The smallest absolute Gasteiger partial charge is 0.257 e. The first-order chi connectivity index (χ1) is 16.3. The number of nitrogens with zero attached hydrogens (tertiary/aromatic N) is 1. The van der Waals surface area contributed by atoms with E-state index < -0.39 is 10.9 Å². The predicted octanol–water partition coefficient (Wildman–Crippen LogP) is 4.42. The number of carbonyl (C=O) groups is 1. The molecule has 3 aromatic rings. The molecule has 35 heavy (non-hydrogen) atoms. The molecule has 0 heterocycles. The molecule has 3 N–H and O–H groups in total. The molecule has 0 spiro atoms. The number of para-hydroxylation sites is 1. The molecule has 8 heteroatoms. The third kappa shape index (κ3) is 5.65. The third-order valence-electron chi connectivity index (χ3n) is 5.47. The topological polar surface area (TPSA) is 108 Å². The first kappa shape index (κ1) is 25.8. The van der Waals surface area contributed by atoms with Crippen molar-refractivity contribution in [3.63, 3.8) is 0 Å². The Hall–Kier alpha value is -3.81. The molecule has 0 aromatic heterocycles. The predicted molar refractivity (Wildman–Crippen MR) is 139 cm³/mol. The van der Waals surface area contributed by atoms with Crippen molar-refractivity contribution >= 4 is 23.0 Å². The van der Waals surface area contributed by atoms with E-state index in [-0.39, 0.29) is 51.8 Å². The summed E-state index contributed by atoms with van der Waals surface area (Å²) < 4.78 is 5.89. The second-order valence-corrected chi connectivity index (χ2v) is 10.1. The summed E-state index contributed by atoms with van der Waals surface area (Å²) in [6, 6.07) is 12.0. The van der Waals surface area contributed by atoms with Gasteiger partial charge in [-0.2, -0.15) is 0 Å². The van der Waals surface area contributed by atoms with Gasteiger partial charge in [-0.25, -0.2) is 0 Å². The van der Waals surface area contributed by atoms with Gasteiger partial charge >= 0.3 is 0 Å². The van der Waals surface area contributed by atoms with Gasteiger partial charge in [-0.3, -0.25) is 14.4 Å². The normalized spacial score (nSPS) is 12.5. The van der Waals surface area contributed by atoms with Gasteiger partial charge < -0.3 is 25.4 Å². The quantitative estimate of drug-likeness (QED) is 0.324. The molecule has 1 amide bonds. The van der Waals surface area contributed by atoms with Crippen molar-refractivity contribution in [3.05, 3.63) is 74.0 Å². The molecule has 0 saturated heterocycles. The lowest BCUT2D eigenvalue weighted by atomic mass is 9.95. The number of ether oxygens (including phenoxy) is 1. The summed E-state index contributed by atoms with van der Waals surface area (Å²) in [5.41, 5.74) is -0.254. The van der Waals surface area contributed by atoms with Crippen molar-refractivity contribution in [1.82, 2.24) is 4.90 Å². The number of phenols is 1. The van der Waals surface area contributed by atoms with Crippen LogP contribution in [-0.2, 0) is 0 Å². The zero-order valence-electron chi connectivity index (χ0n) is 21.2. The average molecular weight is 480 g/mol. The number of amides is 1. The van der Waals surface area contributed by atoms with Crippen LogP contribution in [0.2, 0.25) is 0 Å². The van der Waals surface area contributed by atoms with Crippen LogP contribution in [0.3, 0.4) is 0 Å². The maximum atomic E-state index is 12.5. The summed E-state index contributed by atoms with van der Waals surface area (Å²) in [7, 11) is 3.16. The molecular weight excluding hydrogens is 446 g/mol. The highest BCUT2D eigenvalue weighted by Gasteiger charge is 2.27. The molecule has 3 rings (SSSR count). The Kier molecular flexibility index (Phi) is 7.24. The lowest BCUT2D eigenvalue weighted by Gasteiger charge is -2.27. The number of hydrogen-bond acceptors (Lipinski definition) is 7. The molecule has 186 valence electrons. The molecule has 0 radical (unpaired) electrons. The Morgan fingerprint density at radius 1 is 0.971 bits per heavy atom. The molecule has 0 fully saturated rings. The third-order valence-corrected chi connectivity index (χ3v) is 5.47. The summed E-state index contributed by atoms with van der Waals surface area (Å²) in [4.78, 5) is 38.5. The van der Waals surface area contributed by atoms with Crippen molar-refractivity contribution in [2.24, 2.45) is 5.92 Å². The number of phenolic OH excluding ortho intramolecular Hbond substituents is 1. The number of nitrogens with one attached hydrogen (secondary N) is 2. The maximum Gasteiger partial charge on any atom is 0.257 e. The number of hydrogen-bond donors (Lipinski definition) is 3. The van der Waals surface area contributed by atoms with Gasteiger partial charge in [0.25, 0.3) is 16.8 Å². The largest absolute Gasteiger partial charge is 0.505 e. The van der Waals surface area contributed by atoms with Gasteiger partial charge in [0.2, 0.25) is 0 Å². The van der Waals surface area contributed by atoms with Gasteiger partial charge in [-0.15, -0.1) is 0 Å². The van der Waals surface area contributed by atoms with E-state index >= 15 is 0 Å². The Bertz CT molecular complexity index is 1280. The Morgan fingerprint density at radius 2 is 1.57 bits per heavy atom. The van der Waals surface area contributed by atoms with Crippen molar-refractivity contribution in [1.29, 1.82) is 0 Å². The van der Waals surface area contributed by atoms with Gasteiger partial charge in [0, 0.05) is 14.1 Å². The molecule has 8 nitrogen and oxygen atoms in total. The van der Waals surface area contributed by atoms with Crippen LogP contribution in [0.15, 0.2) is 52.1 Å². The minimum atomic E-state index is -0.687. The zero-order valence-corrected chi connectivity index (χ0v) is 21.2. The van der Waals surface area contributed by atoms with Crippen LogP contribution in [0.4, 0.5) is 17.1 Å². The monoisotopic (exact) mass is 479 g/mol. The first-order valence-corrected chi connectivity index (χ1v) is 11.5. The van der Waals surface area contributed by atoms with Crippen LogP contribution < -0.4 is 26.2 Å². The number of benzene rings is 2. The van der Waals surface area contributed by atoms with Crippen LogP contribution >= 0.6 is 0 Å². The molecular formula is C27H33N3O5. The van der Waals surface area contributed by atoms with Crippen LogP contribution in [0.1, 0.15) is 56.6 Å². The van der Waals surface area contributed by atoms with Gasteiger partial charge in [0.05, 0.1) is 17.3 Å². The van der Waals surface area contributed by atoms with Gasteiger partial charge in [0.1, 0.15) is 22.7 Å². The second-order valence-electron chi connectivity index (χ2n) is 10.1. The molecule has 0 bridgehead atoms. The van der Waals surface area contributed by atoms with Gasteiger partial charge in [-0.1, -0.05) is 32.0 Å². The SMILES string of the molecule is CC(C)C(Nc1c(Nc2cccc(C(=O)N(C)C)c2O)c(=O)c1=O)c1ccc(OC(C)(C)C)cc1. The van der Waals surface area contributed by atoms with E-state index in [1.807, 2.05) is 58.9 Å². The van der Waals surface area contributed by atoms with Crippen molar-refractivity contribution in [3.8, 4) is 11.5 Å². The standard InChI is InChI=1S/C27H33N3O5/c1-15(2)20(16-11-13-17(14-12-16)35-27(3,4)5)29-22-21(24(32)25(22)33)28-19-10-8-9-18(23(19)31)26(34)30(6)7/h8-15,20,28-29,31H,1-7H3. The highest BCUT2D eigenvalue weighted by molar-refractivity contribution is 5.99. The molecule has 3 aromatic carbocycles. The second kappa shape index (κ2) is 9.82. The summed E-state index contributed by atoms with van der Waals surface area (Å²) in [5, 5.41) is 16.7. The lowest BCUT2D eigenvalue weighted by Crippen LogP contribution is -2.38. The molecule has 0 aliphatic carbocycles. The lowest BCUT2D eigenvalue weighted by molar-refractivity contribution is 0.0824. The zero-order chi connectivity index (χ0) is 26.1. The fourth-order valence-electron chi connectivity index (χ4n) is 3.73. The van der Waals surface area contributed by atoms with Crippen LogP contribution in [0.25, 0.3) is 0 Å². The van der Waals surface area contributed by atoms with Crippen molar-refractivity contribution in [2.75, 3.05) is 24.7 Å². The van der Waals surface area contributed by atoms with Crippen LogP contribution in [0.5, 0.6) is 11.5 Å². The minimum Gasteiger partial charge on any atom is -0.505 e. The molecule has 1 atom stereocenters. The Balaban J connectivity index is 1.88. The molecule has 0 aliphatic heterocycles. The number of aromatic hydroxyl groups is 1. The summed E-state index contributed by atoms with van der Waals surface area (Å²) in [5.74, 6) is 0.159. The van der Waals surface area contributed by atoms with Crippen LogP contribution in [-0.4, -0.2) is 35.6 Å². The minimum absolute atomic E-state index is 0.0538. The van der Waals surface area contributed by atoms with E-state index in [0.29, 0.717) is 0 Å². The van der Waals surface area contributed by atoms with Gasteiger partial charge in [-0.05, 0) is 56.5 Å². The number of anilines is 3. The summed E-state index contributed by atoms with van der Waals surface area (Å²) in [6.45, 7) is 9.95. The fraction of sp³-hybridized carbons (Fsp3) is 0.370. The Labute approximate surface area is 205 Å². The highest BCUT2D eigenvalue weighted by atomic mass is 16.5. The van der Waals surface area contributed by atoms with E-state index in [1.165, 1.54) is 17.0 Å². The van der Waals surface area contributed by atoms with E-state index in [4.69, 9.17) is 4.74 Å². The van der Waals surface area contributed by atoms with Crippen molar-refractivity contribution < 1.29 is 14.6 Å². The Morgan fingerprint density at radius 3 is 2.11 bits per heavy atom.